The molecule has 4 rings (SSSR count). The number of carbonyl (C=O) groups is 3. The van der Waals surface area contributed by atoms with E-state index < -0.39 is 12.1 Å². The molecular formula is C24H32N6O3. The van der Waals surface area contributed by atoms with Crippen LogP contribution in [0.15, 0.2) is 24.3 Å². The zero-order valence-corrected chi connectivity index (χ0v) is 19.5. The van der Waals surface area contributed by atoms with E-state index in [-0.39, 0.29) is 35.8 Å². The fourth-order valence-electron chi connectivity index (χ4n) is 5.46. The Morgan fingerprint density at radius 3 is 2.76 bits per heavy atom. The first-order chi connectivity index (χ1) is 15.7. The van der Waals surface area contributed by atoms with E-state index in [0.717, 1.165) is 12.0 Å². The average molecular weight is 453 g/mol. The van der Waals surface area contributed by atoms with Crippen molar-refractivity contribution >= 4 is 17.7 Å². The number of amides is 3. The highest BCUT2D eigenvalue weighted by atomic mass is 16.2. The van der Waals surface area contributed by atoms with Gasteiger partial charge in [-0.15, -0.1) is 0 Å². The zero-order chi connectivity index (χ0) is 23.9. The third-order valence-corrected chi connectivity index (χ3v) is 7.19. The number of fused-ring (bicyclic) bond motifs is 2. The van der Waals surface area contributed by atoms with E-state index in [2.05, 4.69) is 6.07 Å². The van der Waals surface area contributed by atoms with Crippen LogP contribution in [0.25, 0.3) is 0 Å². The van der Waals surface area contributed by atoms with Gasteiger partial charge in [0.1, 0.15) is 6.04 Å². The van der Waals surface area contributed by atoms with E-state index in [4.69, 9.17) is 5.73 Å². The van der Waals surface area contributed by atoms with E-state index in [1.54, 1.807) is 25.1 Å². The van der Waals surface area contributed by atoms with Crippen molar-refractivity contribution in [3.63, 3.8) is 0 Å². The quantitative estimate of drug-likeness (QED) is 0.675. The molecule has 176 valence electrons. The van der Waals surface area contributed by atoms with Crippen molar-refractivity contribution in [1.29, 1.82) is 5.26 Å². The fraction of sp³-hybridized carbons (Fsp3) is 0.583. The fourth-order valence-corrected chi connectivity index (χ4v) is 5.46. The minimum atomic E-state index is -0.745. The maximum Gasteiger partial charge on any atom is 0.253 e. The first kappa shape index (κ1) is 23.2. The van der Waals surface area contributed by atoms with E-state index >= 15 is 0 Å². The molecule has 0 saturated carbocycles. The van der Waals surface area contributed by atoms with Crippen molar-refractivity contribution in [2.45, 2.75) is 56.4 Å². The van der Waals surface area contributed by atoms with Crippen molar-refractivity contribution < 1.29 is 14.4 Å². The second-order valence-corrected chi connectivity index (χ2v) is 9.53. The number of hydrogen-bond donors (Lipinski definition) is 1. The van der Waals surface area contributed by atoms with Gasteiger partial charge in [-0.05, 0) is 43.9 Å². The summed E-state index contributed by atoms with van der Waals surface area (Å²) in [5, 5.41) is 9.26. The predicted molar refractivity (Wildman–Crippen MR) is 122 cm³/mol. The summed E-state index contributed by atoms with van der Waals surface area (Å²) in [4.78, 5) is 45.4. The summed E-state index contributed by atoms with van der Waals surface area (Å²) in [6, 6.07) is 8.10. The second kappa shape index (κ2) is 9.12. The molecule has 2 N–H and O–H groups in total. The van der Waals surface area contributed by atoms with Crippen LogP contribution < -0.4 is 5.73 Å². The molecule has 4 unspecified atom stereocenters. The summed E-state index contributed by atoms with van der Waals surface area (Å²) in [6.07, 6.45) is 2.22. The molecule has 0 radical (unpaired) electrons. The molecule has 3 amide bonds. The second-order valence-electron chi connectivity index (χ2n) is 9.53. The molecule has 1 aromatic carbocycles. The number of piperazine rings is 1. The first-order valence-electron chi connectivity index (χ1n) is 11.6. The number of nitrogens with two attached hydrogens (primary N) is 1. The molecule has 3 heterocycles. The van der Waals surface area contributed by atoms with Gasteiger partial charge in [0.15, 0.2) is 0 Å². The molecule has 3 aliphatic heterocycles. The Balaban J connectivity index is 1.41. The minimum absolute atomic E-state index is 0.0406. The minimum Gasteiger partial charge on any atom is -0.345 e. The number of rotatable bonds is 6. The highest BCUT2D eigenvalue weighted by Crippen LogP contribution is 2.38. The molecule has 0 spiro atoms. The van der Waals surface area contributed by atoms with Gasteiger partial charge in [-0.3, -0.25) is 19.3 Å². The molecule has 0 aromatic heterocycles. The lowest BCUT2D eigenvalue weighted by molar-refractivity contribution is -0.140. The largest absolute Gasteiger partial charge is 0.345 e. The normalized spacial score (nSPS) is 26.4. The Morgan fingerprint density at radius 2 is 2.09 bits per heavy atom. The van der Waals surface area contributed by atoms with Crippen LogP contribution in [0.4, 0.5) is 0 Å². The SMILES string of the molecule is CC(c1cccc(C(=O)N(C)C)c1)N1C(=O)[C@@H]2CC1CN2CC(N)C(=O)N1CCCC1C#N. The molecule has 33 heavy (non-hydrogen) atoms. The van der Waals surface area contributed by atoms with Crippen LogP contribution in [-0.4, -0.2) is 95.2 Å². The van der Waals surface area contributed by atoms with Crippen molar-refractivity contribution in [3.05, 3.63) is 35.4 Å². The van der Waals surface area contributed by atoms with Gasteiger partial charge in [0, 0.05) is 45.3 Å². The lowest BCUT2D eigenvalue weighted by atomic mass is 10.0. The third kappa shape index (κ3) is 4.21. The molecule has 5 atom stereocenters. The van der Waals surface area contributed by atoms with Crippen LogP contribution in [0.2, 0.25) is 0 Å². The van der Waals surface area contributed by atoms with Gasteiger partial charge in [0.05, 0.1) is 24.2 Å². The predicted octanol–water partition coefficient (Wildman–Crippen LogP) is 0.576. The van der Waals surface area contributed by atoms with Crippen LogP contribution in [0.3, 0.4) is 0 Å². The number of carbonyl (C=O) groups excluding carboxylic acids is 3. The molecule has 3 saturated heterocycles. The van der Waals surface area contributed by atoms with Gasteiger partial charge in [-0.1, -0.05) is 12.1 Å². The summed E-state index contributed by atoms with van der Waals surface area (Å²) in [5.74, 6) is -0.236. The molecule has 3 aliphatic rings. The number of nitrogens with zero attached hydrogens (tertiary/aromatic N) is 5. The van der Waals surface area contributed by atoms with Crippen LogP contribution in [0, 0.1) is 11.3 Å². The maximum absolute atomic E-state index is 13.3. The summed E-state index contributed by atoms with van der Waals surface area (Å²) < 4.78 is 0. The van der Waals surface area contributed by atoms with Crippen LogP contribution >= 0.6 is 0 Å². The van der Waals surface area contributed by atoms with Crippen molar-refractivity contribution in [3.8, 4) is 6.07 Å². The van der Waals surface area contributed by atoms with Gasteiger partial charge >= 0.3 is 0 Å². The monoisotopic (exact) mass is 452 g/mol. The molecule has 0 aliphatic carbocycles. The molecule has 9 nitrogen and oxygen atoms in total. The van der Waals surface area contributed by atoms with Crippen LogP contribution in [0.1, 0.15) is 48.1 Å². The first-order valence-corrected chi connectivity index (χ1v) is 11.6. The molecule has 1 aromatic rings. The van der Waals surface area contributed by atoms with Gasteiger partial charge in [-0.2, -0.15) is 5.26 Å². The van der Waals surface area contributed by atoms with E-state index in [1.165, 1.54) is 4.90 Å². The molecule has 2 bridgehead atoms. The Morgan fingerprint density at radius 1 is 1.33 bits per heavy atom. The Hall–Kier alpha value is -2.96. The zero-order valence-electron chi connectivity index (χ0n) is 19.5. The summed E-state index contributed by atoms with van der Waals surface area (Å²) in [7, 11) is 3.44. The van der Waals surface area contributed by atoms with Gasteiger partial charge < -0.3 is 20.4 Å². The topological polar surface area (TPSA) is 114 Å². The summed E-state index contributed by atoms with van der Waals surface area (Å²) in [6.45, 7) is 3.54. The van der Waals surface area contributed by atoms with Crippen molar-refractivity contribution in [2.24, 2.45) is 5.73 Å². The van der Waals surface area contributed by atoms with E-state index in [1.807, 2.05) is 34.9 Å². The summed E-state index contributed by atoms with van der Waals surface area (Å²) in [5.41, 5.74) is 7.75. The Kier molecular flexibility index (Phi) is 6.41. The molecular weight excluding hydrogens is 420 g/mol. The number of hydrogen-bond acceptors (Lipinski definition) is 6. The summed E-state index contributed by atoms with van der Waals surface area (Å²) >= 11 is 0. The average Bonchev–Trinajstić information content (AvgIpc) is 3.52. The number of nitriles is 1. The van der Waals surface area contributed by atoms with Gasteiger partial charge in [-0.25, -0.2) is 0 Å². The third-order valence-electron chi connectivity index (χ3n) is 7.19. The Bertz CT molecular complexity index is 989. The highest BCUT2D eigenvalue weighted by molar-refractivity contribution is 5.94. The van der Waals surface area contributed by atoms with Crippen molar-refractivity contribution in [2.75, 3.05) is 33.7 Å². The molecule has 3 fully saturated rings. The van der Waals surface area contributed by atoms with E-state index in [9.17, 15) is 19.6 Å². The number of benzene rings is 1. The van der Waals surface area contributed by atoms with E-state index in [0.29, 0.717) is 38.0 Å². The van der Waals surface area contributed by atoms with Gasteiger partial charge in [0.25, 0.3) is 5.91 Å². The highest BCUT2D eigenvalue weighted by Gasteiger charge is 2.51. The Labute approximate surface area is 194 Å². The standard InChI is InChI=1S/C24H32N6O3/c1-15(16-6-4-7-17(10-16)22(31)27(2)3)30-19-11-21(24(30)33)28(13-19)14-20(26)23(32)29-9-5-8-18(29)12-25/h4,6-7,10,15,18-21H,5,8-9,11,13-14,26H2,1-3H3/t15?,18?,19?,20?,21-/m0/s1. The van der Waals surface area contributed by atoms with Crippen LogP contribution in [0.5, 0.6) is 0 Å². The van der Waals surface area contributed by atoms with Crippen molar-refractivity contribution in [1.82, 2.24) is 19.6 Å². The molecule has 9 heteroatoms. The smallest absolute Gasteiger partial charge is 0.253 e. The lowest BCUT2D eigenvalue weighted by Crippen LogP contribution is -2.56. The number of likely N-dealkylation sites (tertiary alicyclic amines) is 3. The van der Waals surface area contributed by atoms with Crippen LogP contribution in [-0.2, 0) is 9.59 Å². The maximum atomic E-state index is 13.3. The lowest BCUT2D eigenvalue weighted by Gasteiger charge is -2.38. The van der Waals surface area contributed by atoms with Gasteiger partial charge in [0.2, 0.25) is 11.8 Å².